The lowest BCUT2D eigenvalue weighted by Gasteiger charge is -2.00. The van der Waals surface area contributed by atoms with Gasteiger partial charge < -0.3 is 0 Å². The van der Waals surface area contributed by atoms with E-state index in [9.17, 15) is 4.79 Å². The van der Waals surface area contributed by atoms with Crippen LogP contribution in [0.1, 0.15) is 48.0 Å². The molecule has 0 unspecified atom stereocenters. The van der Waals surface area contributed by atoms with Gasteiger partial charge in [0.25, 0.3) is 0 Å². The predicted molar refractivity (Wildman–Crippen MR) is 64.2 cm³/mol. The summed E-state index contributed by atoms with van der Waals surface area (Å²) in [6.45, 7) is 0. The van der Waals surface area contributed by atoms with Crippen molar-refractivity contribution in [3.63, 3.8) is 0 Å². The Morgan fingerprint density at radius 3 is 2.35 bits per heavy atom. The maximum Gasteiger partial charge on any atom is 0.162 e. The lowest BCUT2D eigenvalue weighted by atomic mass is 10.0. The number of nitrogens with zero attached hydrogens (tertiary/aromatic N) is 2. The fourth-order valence-electron chi connectivity index (χ4n) is 1.54. The van der Waals surface area contributed by atoms with Crippen molar-refractivity contribution in [2.24, 2.45) is 0 Å². The van der Waals surface area contributed by atoms with Crippen LogP contribution in [-0.4, -0.2) is 5.78 Å². The molecule has 1 aromatic carbocycles. The molecule has 0 aliphatic rings. The number of carbonyl (C=O) groups is 1. The Morgan fingerprint density at radius 2 is 1.76 bits per heavy atom. The van der Waals surface area contributed by atoms with Gasteiger partial charge in [0.15, 0.2) is 5.78 Å². The maximum absolute atomic E-state index is 11.7. The van der Waals surface area contributed by atoms with Crippen LogP contribution in [0.2, 0.25) is 0 Å². The van der Waals surface area contributed by atoms with Gasteiger partial charge in [-0.15, -0.1) is 0 Å². The van der Waals surface area contributed by atoms with Crippen LogP contribution in [0.15, 0.2) is 24.3 Å². The summed E-state index contributed by atoms with van der Waals surface area (Å²) in [6.07, 6.45) is 3.66. The molecule has 0 atom stereocenters. The van der Waals surface area contributed by atoms with Gasteiger partial charge >= 0.3 is 0 Å². The molecule has 1 aromatic rings. The molecular weight excluding hydrogens is 212 g/mol. The zero-order valence-electron chi connectivity index (χ0n) is 9.65. The molecule has 3 nitrogen and oxygen atoms in total. The number of hydrogen-bond acceptors (Lipinski definition) is 3. The number of nitriles is 2. The van der Waals surface area contributed by atoms with Gasteiger partial charge in [0.1, 0.15) is 0 Å². The van der Waals surface area contributed by atoms with Crippen LogP contribution in [0.4, 0.5) is 0 Å². The molecule has 1 rings (SSSR count). The van der Waals surface area contributed by atoms with E-state index in [1.54, 1.807) is 24.3 Å². The number of rotatable bonds is 6. The Labute approximate surface area is 101 Å². The molecule has 0 aliphatic heterocycles. The highest BCUT2D eigenvalue weighted by Gasteiger charge is 2.05. The Hall–Kier alpha value is -2.13. The molecule has 0 radical (unpaired) electrons. The van der Waals surface area contributed by atoms with Gasteiger partial charge in [-0.25, -0.2) is 0 Å². The molecule has 86 valence electrons. The third kappa shape index (κ3) is 4.49. The average molecular weight is 226 g/mol. The van der Waals surface area contributed by atoms with Crippen LogP contribution in [0.25, 0.3) is 0 Å². The third-order valence-corrected chi connectivity index (χ3v) is 2.53. The number of Topliss-reactive ketones (excluding diaryl/α,β-unsaturated/α-hetero) is 1. The molecule has 0 fully saturated rings. The number of unbranched alkanes of at least 4 members (excludes halogenated alkanes) is 3. The van der Waals surface area contributed by atoms with Crippen molar-refractivity contribution >= 4 is 5.78 Å². The normalized spacial score (nSPS) is 9.29. The molecule has 0 aromatic heterocycles. The number of hydrogen-bond donors (Lipinski definition) is 0. The van der Waals surface area contributed by atoms with Crippen molar-refractivity contribution in [2.45, 2.75) is 32.1 Å². The summed E-state index contributed by atoms with van der Waals surface area (Å²) in [5.74, 6) is 0.103. The first-order valence-electron chi connectivity index (χ1n) is 5.68. The highest BCUT2D eigenvalue weighted by atomic mass is 16.1. The molecule has 0 saturated heterocycles. The molecule has 3 heteroatoms. The largest absolute Gasteiger partial charge is 0.294 e. The van der Waals surface area contributed by atoms with Crippen LogP contribution in [-0.2, 0) is 0 Å². The first-order chi connectivity index (χ1) is 8.27. The van der Waals surface area contributed by atoms with Crippen LogP contribution in [0.5, 0.6) is 0 Å². The fourth-order valence-corrected chi connectivity index (χ4v) is 1.54. The molecule has 17 heavy (non-hydrogen) atoms. The quantitative estimate of drug-likeness (QED) is 0.552. The van der Waals surface area contributed by atoms with Crippen molar-refractivity contribution in [3.8, 4) is 12.1 Å². The van der Waals surface area contributed by atoms with Crippen molar-refractivity contribution in [1.29, 1.82) is 10.5 Å². The topological polar surface area (TPSA) is 64.7 Å². The predicted octanol–water partition coefficient (Wildman–Crippen LogP) is 3.22. The van der Waals surface area contributed by atoms with Gasteiger partial charge in [-0.1, -0.05) is 18.6 Å². The number of ketones is 1. The zero-order valence-corrected chi connectivity index (χ0v) is 9.65. The van der Waals surface area contributed by atoms with E-state index < -0.39 is 0 Å². The van der Waals surface area contributed by atoms with E-state index in [4.69, 9.17) is 10.5 Å². The molecule has 0 heterocycles. The molecule has 0 N–H and O–H groups in total. The summed E-state index contributed by atoms with van der Waals surface area (Å²) in [5, 5.41) is 17.0. The van der Waals surface area contributed by atoms with E-state index in [1.165, 1.54) is 0 Å². The van der Waals surface area contributed by atoms with Crippen molar-refractivity contribution < 1.29 is 4.79 Å². The minimum absolute atomic E-state index is 0.103. The summed E-state index contributed by atoms with van der Waals surface area (Å²) in [5.41, 5.74) is 1.22. The Morgan fingerprint density at radius 1 is 1.06 bits per heavy atom. The smallest absolute Gasteiger partial charge is 0.162 e. The minimum Gasteiger partial charge on any atom is -0.294 e. The number of carbonyl (C=O) groups excluding carboxylic acids is 1. The van der Waals surface area contributed by atoms with Gasteiger partial charge in [0, 0.05) is 18.4 Å². The summed E-state index contributed by atoms with van der Waals surface area (Å²) in [4.78, 5) is 11.7. The van der Waals surface area contributed by atoms with Crippen molar-refractivity contribution in [2.75, 3.05) is 0 Å². The van der Waals surface area contributed by atoms with Gasteiger partial charge in [-0.2, -0.15) is 10.5 Å². The van der Waals surface area contributed by atoms with Gasteiger partial charge in [-0.05, 0) is 25.0 Å². The minimum atomic E-state index is 0.103. The number of benzene rings is 1. The standard InChI is InChI=1S/C14H14N2O/c15-10-4-2-1-3-5-14(17)13-8-6-12(11-16)7-9-13/h6-9H,1-5H2. The van der Waals surface area contributed by atoms with Crippen LogP contribution >= 0.6 is 0 Å². The molecule has 0 aliphatic carbocycles. The maximum atomic E-state index is 11.7. The first-order valence-corrected chi connectivity index (χ1v) is 5.68. The Kier molecular flexibility index (Phi) is 5.47. The average Bonchev–Trinajstić information content (AvgIpc) is 2.38. The van der Waals surface area contributed by atoms with E-state index in [0.717, 1.165) is 19.3 Å². The first kappa shape index (κ1) is 12.9. The fraction of sp³-hybridized carbons (Fsp3) is 0.357. The second-order valence-electron chi connectivity index (χ2n) is 3.83. The molecule has 0 spiro atoms. The molecule has 0 bridgehead atoms. The van der Waals surface area contributed by atoms with E-state index in [0.29, 0.717) is 24.0 Å². The van der Waals surface area contributed by atoms with Gasteiger partial charge in [0.2, 0.25) is 0 Å². The second kappa shape index (κ2) is 7.19. The van der Waals surface area contributed by atoms with Crippen LogP contribution in [0.3, 0.4) is 0 Å². The summed E-state index contributed by atoms with van der Waals surface area (Å²) >= 11 is 0. The van der Waals surface area contributed by atoms with E-state index in [-0.39, 0.29) is 5.78 Å². The zero-order chi connectivity index (χ0) is 12.5. The second-order valence-corrected chi connectivity index (χ2v) is 3.83. The lowest BCUT2D eigenvalue weighted by molar-refractivity contribution is 0.0979. The van der Waals surface area contributed by atoms with Gasteiger partial charge in [-0.3, -0.25) is 4.79 Å². The van der Waals surface area contributed by atoms with E-state index in [1.807, 2.05) is 6.07 Å². The summed E-state index contributed by atoms with van der Waals surface area (Å²) in [6, 6.07) is 10.8. The van der Waals surface area contributed by atoms with Crippen LogP contribution < -0.4 is 0 Å². The molecule has 0 amide bonds. The van der Waals surface area contributed by atoms with E-state index >= 15 is 0 Å². The Bertz CT molecular complexity index is 449. The summed E-state index contributed by atoms with van der Waals surface area (Å²) < 4.78 is 0. The highest BCUT2D eigenvalue weighted by molar-refractivity contribution is 5.96. The van der Waals surface area contributed by atoms with E-state index in [2.05, 4.69) is 6.07 Å². The summed E-state index contributed by atoms with van der Waals surface area (Å²) in [7, 11) is 0. The molecule has 0 saturated carbocycles. The van der Waals surface area contributed by atoms with Crippen LogP contribution in [0, 0.1) is 22.7 Å². The Balaban J connectivity index is 2.37. The third-order valence-electron chi connectivity index (χ3n) is 2.53. The van der Waals surface area contributed by atoms with Gasteiger partial charge in [0.05, 0.1) is 17.7 Å². The lowest BCUT2D eigenvalue weighted by Crippen LogP contribution is -1.98. The SMILES string of the molecule is N#CCCCCCC(=O)c1ccc(C#N)cc1. The van der Waals surface area contributed by atoms with Crippen molar-refractivity contribution in [1.82, 2.24) is 0 Å². The van der Waals surface area contributed by atoms with Crippen molar-refractivity contribution in [3.05, 3.63) is 35.4 Å². The molecular formula is C14H14N2O. The highest BCUT2D eigenvalue weighted by Crippen LogP contribution is 2.10. The monoisotopic (exact) mass is 226 g/mol.